The first kappa shape index (κ1) is 23.9. The highest BCUT2D eigenvalue weighted by molar-refractivity contribution is 6.02. The van der Waals surface area contributed by atoms with E-state index in [4.69, 9.17) is 0 Å². The summed E-state index contributed by atoms with van der Waals surface area (Å²) in [5, 5.41) is 6.38. The molecule has 0 unspecified atom stereocenters. The minimum Gasteiger partial charge on any atom is -0.361 e. The van der Waals surface area contributed by atoms with Crippen LogP contribution in [-0.4, -0.2) is 27.8 Å². The smallest absolute Gasteiger partial charge is 0.254 e. The number of nitrogens with zero attached hydrogens (tertiary/aromatic N) is 1. The number of nitrogens with one attached hydrogen (secondary N) is 3. The van der Waals surface area contributed by atoms with Crippen molar-refractivity contribution >= 4 is 28.4 Å². The number of hydrogen-bond acceptors (Lipinski definition) is 3. The lowest BCUT2D eigenvalue weighted by atomic mass is 10.0. The van der Waals surface area contributed by atoms with Crippen LogP contribution in [0.2, 0.25) is 0 Å². The molecule has 3 N–H and O–H groups in total. The second kappa shape index (κ2) is 10.4. The Morgan fingerprint density at radius 1 is 0.892 bits per heavy atom. The highest BCUT2D eigenvalue weighted by atomic mass is 19.1. The Morgan fingerprint density at radius 3 is 2.46 bits per heavy atom. The van der Waals surface area contributed by atoms with E-state index in [0.29, 0.717) is 16.8 Å². The molecule has 2 amide bonds. The normalized spacial score (nSPS) is 11.7. The Kier molecular flexibility index (Phi) is 6.72. The molecule has 6 nitrogen and oxygen atoms in total. The molecule has 1 atom stereocenters. The first-order valence-corrected chi connectivity index (χ1v) is 11.6. The van der Waals surface area contributed by atoms with Crippen LogP contribution in [0.1, 0.15) is 15.9 Å². The van der Waals surface area contributed by atoms with Crippen molar-refractivity contribution in [3.63, 3.8) is 0 Å². The molecule has 5 rings (SSSR count). The monoisotopic (exact) mass is 496 g/mol. The van der Waals surface area contributed by atoms with E-state index in [1.807, 2.05) is 24.3 Å². The maximum Gasteiger partial charge on any atom is 0.254 e. The van der Waals surface area contributed by atoms with Crippen molar-refractivity contribution in [3.8, 4) is 11.1 Å². The zero-order chi connectivity index (χ0) is 25.8. The van der Waals surface area contributed by atoms with Crippen molar-refractivity contribution in [2.75, 3.05) is 5.32 Å². The summed E-state index contributed by atoms with van der Waals surface area (Å²) in [6.45, 7) is 0. The lowest BCUT2D eigenvalue weighted by molar-refractivity contribution is -0.118. The van der Waals surface area contributed by atoms with Crippen LogP contribution in [0.25, 0.3) is 22.0 Å². The van der Waals surface area contributed by atoms with Crippen LogP contribution in [0.5, 0.6) is 0 Å². The summed E-state index contributed by atoms with van der Waals surface area (Å²) in [6, 6.07) is 19.7. The average molecular weight is 497 g/mol. The van der Waals surface area contributed by atoms with Crippen molar-refractivity contribution in [2.24, 2.45) is 0 Å². The predicted molar refractivity (Wildman–Crippen MR) is 138 cm³/mol. The quantitative estimate of drug-likeness (QED) is 0.279. The molecule has 0 aliphatic carbocycles. The zero-order valence-corrected chi connectivity index (χ0v) is 19.5. The number of fused-ring (bicyclic) bond motifs is 1. The first-order chi connectivity index (χ1) is 18.0. The van der Waals surface area contributed by atoms with E-state index in [1.54, 1.807) is 42.9 Å². The number of hydrogen-bond donors (Lipinski definition) is 3. The van der Waals surface area contributed by atoms with Gasteiger partial charge in [-0.25, -0.2) is 8.78 Å². The number of anilines is 1. The number of aromatic nitrogens is 2. The van der Waals surface area contributed by atoms with Gasteiger partial charge in [-0.05, 0) is 59.2 Å². The third kappa shape index (κ3) is 5.38. The van der Waals surface area contributed by atoms with Gasteiger partial charge in [0.25, 0.3) is 5.91 Å². The van der Waals surface area contributed by atoms with Gasteiger partial charge in [0, 0.05) is 41.6 Å². The molecular weight excluding hydrogens is 474 g/mol. The second-order valence-electron chi connectivity index (χ2n) is 8.52. The van der Waals surface area contributed by atoms with Gasteiger partial charge in [0.1, 0.15) is 17.7 Å². The molecule has 37 heavy (non-hydrogen) atoms. The molecular formula is C29H22F2N4O2. The Labute approximate surface area is 211 Å². The van der Waals surface area contributed by atoms with Gasteiger partial charge in [0.05, 0.1) is 5.56 Å². The Hall–Kier alpha value is -4.85. The molecule has 184 valence electrons. The van der Waals surface area contributed by atoms with E-state index in [2.05, 4.69) is 20.6 Å². The zero-order valence-electron chi connectivity index (χ0n) is 19.5. The van der Waals surface area contributed by atoms with Crippen molar-refractivity contribution in [1.29, 1.82) is 0 Å². The minimum absolute atomic E-state index is 0.176. The molecule has 8 heteroatoms. The van der Waals surface area contributed by atoms with Crippen LogP contribution in [0.15, 0.2) is 97.5 Å². The molecule has 5 aromatic rings. The van der Waals surface area contributed by atoms with Gasteiger partial charge in [0.15, 0.2) is 0 Å². The number of H-pyrrole nitrogens is 1. The summed E-state index contributed by atoms with van der Waals surface area (Å²) in [4.78, 5) is 33.4. The topological polar surface area (TPSA) is 86.9 Å². The van der Waals surface area contributed by atoms with Crippen LogP contribution in [0.4, 0.5) is 14.5 Å². The van der Waals surface area contributed by atoms with Crippen LogP contribution in [0.3, 0.4) is 0 Å². The van der Waals surface area contributed by atoms with Crippen LogP contribution >= 0.6 is 0 Å². The van der Waals surface area contributed by atoms with Crippen LogP contribution in [0, 0.1) is 11.6 Å². The fourth-order valence-electron chi connectivity index (χ4n) is 4.18. The van der Waals surface area contributed by atoms with Gasteiger partial charge in [-0.15, -0.1) is 0 Å². The molecule has 2 aromatic heterocycles. The van der Waals surface area contributed by atoms with Gasteiger partial charge in [0.2, 0.25) is 5.91 Å². The number of halogens is 2. The largest absolute Gasteiger partial charge is 0.361 e. The number of amides is 2. The van der Waals surface area contributed by atoms with Gasteiger partial charge in [-0.2, -0.15) is 0 Å². The molecule has 0 saturated heterocycles. The standard InChI is InChI=1S/C29H22F2N4O2/c30-21-5-3-4-18(14-21)19-8-9-24(25(31)15-19)28(36)35-27(29(37)34-22-10-12-32-13-11-22)16-20-17-33-26-7-2-1-6-23(20)26/h1-15,17,27,33H,16H2,(H,35,36)(H,32,34,37)/t27-/m1/s1. The van der Waals surface area contributed by atoms with Gasteiger partial charge in [-0.3, -0.25) is 14.6 Å². The molecule has 0 spiro atoms. The summed E-state index contributed by atoms with van der Waals surface area (Å²) in [5.74, 6) is -2.42. The average Bonchev–Trinajstić information content (AvgIpc) is 3.31. The highest BCUT2D eigenvalue weighted by Gasteiger charge is 2.25. The minimum atomic E-state index is -0.998. The van der Waals surface area contributed by atoms with Gasteiger partial charge < -0.3 is 15.6 Å². The summed E-state index contributed by atoms with van der Waals surface area (Å²) in [5.41, 5.74) is 2.94. The molecule has 0 radical (unpaired) electrons. The Bertz CT molecular complexity index is 1580. The fourth-order valence-corrected chi connectivity index (χ4v) is 4.18. The number of aromatic amines is 1. The number of pyridine rings is 1. The number of rotatable bonds is 7. The second-order valence-corrected chi connectivity index (χ2v) is 8.52. The molecule has 0 saturated carbocycles. The fraction of sp³-hybridized carbons (Fsp3) is 0.0690. The van der Waals surface area contributed by atoms with Crippen molar-refractivity contribution in [1.82, 2.24) is 15.3 Å². The van der Waals surface area contributed by atoms with Gasteiger partial charge in [-0.1, -0.05) is 36.4 Å². The third-order valence-corrected chi connectivity index (χ3v) is 6.04. The molecule has 3 aromatic carbocycles. The van der Waals surface area contributed by atoms with Gasteiger partial charge >= 0.3 is 0 Å². The summed E-state index contributed by atoms with van der Waals surface area (Å²) >= 11 is 0. The van der Waals surface area contributed by atoms with E-state index in [0.717, 1.165) is 16.5 Å². The van der Waals surface area contributed by atoms with Crippen LogP contribution in [-0.2, 0) is 11.2 Å². The van der Waals surface area contributed by atoms with Crippen LogP contribution < -0.4 is 10.6 Å². The lowest BCUT2D eigenvalue weighted by Gasteiger charge is -2.19. The van der Waals surface area contributed by atoms with Crippen molar-refractivity contribution in [3.05, 3.63) is 120 Å². The summed E-state index contributed by atoms with van der Waals surface area (Å²) < 4.78 is 28.6. The van der Waals surface area contributed by atoms with E-state index in [9.17, 15) is 14.0 Å². The molecule has 0 aliphatic rings. The SMILES string of the molecule is O=C(N[C@H](Cc1c[nH]c2ccccc12)C(=O)Nc1ccncc1)c1ccc(-c2cccc(F)c2)cc1F. The lowest BCUT2D eigenvalue weighted by Crippen LogP contribution is -2.45. The van der Waals surface area contributed by atoms with E-state index in [-0.39, 0.29) is 12.0 Å². The summed E-state index contributed by atoms with van der Waals surface area (Å²) in [6.07, 6.45) is 5.05. The molecule has 0 fully saturated rings. The third-order valence-electron chi connectivity index (χ3n) is 6.04. The Morgan fingerprint density at radius 2 is 1.68 bits per heavy atom. The number of para-hydroxylation sites is 1. The van der Waals surface area contributed by atoms with Crippen molar-refractivity contribution in [2.45, 2.75) is 12.5 Å². The highest BCUT2D eigenvalue weighted by Crippen LogP contribution is 2.24. The Balaban J connectivity index is 1.41. The number of benzene rings is 3. The number of carbonyl (C=O) groups excluding carboxylic acids is 2. The first-order valence-electron chi connectivity index (χ1n) is 11.6. The summed E-state index contributed by atoms with van der Waals surface area (Å²) in [7, 11) is 0. The maximum absolute atomic E-state index is 15.0. The predicted octanol–water partition coefficient (Wildman–Crippen LogP) is 5.49. The van der Waals surface area contributed by atoms with E-state index >= 15 is 4.39 Å². The molecule has 0 bridgehead atoms. The number of carbonyl (C=O) groups is 2. The van der Waals surface area contributed by atoms with E-state index < -0.39 is 29.5 Å². The molecule has 0 aliphatic heterocycles. The molecule has 2 heterocycles. The van der Waals surface area contributed by atoms with Crippen molar-refractivity contribution < 1.29 is 18.4 Å². The maximum atomic E-state index is 15.0. The van der Waals surface area contributed by atoms with E-state index in [1.165, 1.54) is 30.3 Å².